The molecule has 0 fully saturated rings. The number of benzene rings is 1. The maximum absolute atomic E-state index is 12.0. The van der Waals surface area contributed by atoms with Crippen LogP contribution >= 0.6 is 0 Å². The van der Waals surface area contributed by atoms with Crippen LogP contribution in [0.5, 0.6) is 0 Å². The smallest absolute Gasteiger partial charge is 0.373 e. The molecule has 0 atom stereocenters. The number of esters is 2. The van der Waals surface area contributed by atoms with Crippen molar-refractivity contribution in [3.05, 3.63) is 47.4 Å². The highest BCUT2D eigenvalue weighted by atomic mass is 16.6. The molecule has 130 valence electrons. The molecule has 0 aliphatic heterocycles. The quantitative estimate of drug-likeness (QED) is 0.413. The highest BCUT2D eigenvalue weighted by Crippen LogP contribution is 2.23. The second kappa shape index (κ2) is 10.1. The third-order valence-electron chi connectivity index (χ3n) is 2.96. The van der Waals surface area contributed by atoms with Crippen LogP contribution in [0.1, 0.15) is 25.0 Å². The first-order valence-electron chi connectivity index (χ1n) is 7.51. The lowest BCUT2D eigenvalue weighted by atomic mass is 10.00. The number of methoxy groups -OCH3 is 2. The standard InChI is InChI=1S/C18H22O6/c1-5-23-16(18(20)24-6-2)11-13-9-7-8-10-14(13)15(12-21-3)17(19)22-4/h7-12H,5-6H2,1-4H3/b15-12+,16-11?. The van der Waals surface area contributed by atoms with Crippen molar-refractivity contribution >= 4 is 23.6 Å². The molecule has 1 rings (SSSR count). The number of hydrogen-bond donors (Lipinski definition) is 0. The van der Waals surface area contributed by atoms with Gasteiger partial charge < -0.3 is 18.9 Å². The number of carbonyl (C=O) groups is 2. The molecule has 0 N–H and O–H groups in total. The molecule has 0 unspecified atom stereocenters. The summed E-state index contributed by atoms with van der Waals surface area (Å²) in [6.07, 6.45) is 2.83. The Morgan fingerprint density at radius 2 is 1.67 bits per heavy atom. The fraction of sp³-hybridized carbons (Fsp3) is 0.333. The number of ether oxygens (including phenoxy) is 4. The molecule has 6 heteroatoms. The molecule has 0 aliphatic carbocycles. The van der Waals surface area contributed by atoms with Gasteiger partial charge in [0, 0.05) is 0 Å². The van der Waals surface area contributed by atoms with Crippen LogP contribution in [0.3, 0.4) is 0 Å². The molecule has 0 bridgehead atoms. The summed E-state index contributed by atoms with van der Waals surface area (Å²) in [6.45, 7) is 4.03. The molecule has 1 aromatic rings. The van der Waals surface area contributed by atoms with E-state index in [1.165, 1.54) is 26.6 Å². The van der Waals surface area contributed by atoms with Crippen LogP contribution in [0.4, 0.5) is 0 Å². The molecule has 0 aromatic heterocycles. The van der Waals surface area contributed by atoms with Crippen molar-refractivity contribution in [3.63, 3.8) is 0 Å². The number of rotatable bonds is 8. The van der Waals surface area contributed by atoms with Gasteiger partial charge in [-0.25, -0.2) is 9.59 Å². The highest BCUT2D eigenvalue weighted by molar-refractivity contribution is 6.17. The SMILES string of the molecule is CCOC(=O)C(=Cc1ccccc1/C(=C\OC)C(=O)OC)OCC. The molecule has 0 saturated carbocycles. The average molecular weight is 334 g/mol. The van der Waals surface area contributed by atoms with Gasteiger partial charge in [0.2, 0.25) is 5.76 Å². The van der Waals surface area contributed by atoms with Gasteiger partial charge in [-0.1, -0.05) is 24.3 Å². The van der Waals surface area contributed by atoms with Gasteiger partial charge in [0.05, 0.1) is 33.7 Å². The minimum atomic E-state index is -0.565. The Bertz CT molecular complexity index is 630. The first-order valence-corrected chi connectivity index (χ1v) is 7.51. The van der Waals surface area contributed by atoms with Gasteiger partial charge in [-0.2, -0.15) is 0 Å². The van der Waals surface area contributed by atoms with E-state index < -0.39 is 11.9 Å². The largest absolute Gasteiger partial charge is 0.503 e. The summed E-state index contributed by atoms with van der Waals surface area (Å²) in [5.74, 6) is -1.05. The zero-order chi connectivity index (χ0) is 17.9. The van der Waals surface area contributed by atoms with E-state index in [9.17, 15) is 9.59 Å². The fourth-order valence-electron chi connectivity index (χ4n) is 1.98. The van der Waals surface area contributed by atoms with Crippen molar-refractivity contribution in [3.8, 4) is 0 Å². The van der Waals surface area contributed by atoms with Crippen molar-refractivity contribution in [2.24, 2.45) is 0 Å². The van der Waals surface area contributed by atoms with Crippen molar-refractivity contribution < 1.29 is 28.5 Å². The topological polar surface area (TPSA) is 71.1 Å². The first-order chi connectivity index (χ1) is 11.6. The molecule has 0 aliphatic rings. The Morgan fingerprint density at radius 1 is 1.00 bits per heavy atom. The van der Waals surface area contributed by atoms with Crippen LogP contribution in [0, 0.1) is 0 Å². The highest BCUT2D eigenvalue weighted by Gasteiger charge is 2.18. The van der Waals surface area contributed by atoms with Gasteiger partial charge in [0.1, 0.15) is 5.57 Å². The van der Waals surface area contributed by atoms with Gasteiger partial charge >= 0.3 is 11.9 Å². The lowest BCUT2D eigenvalue weighted by molar-refractivity contribution is -0.142. The van der Waals surface area contributed by atoms with Gasteiger partial charge in [-0.05, 0) is 31.1 Å². The summed E-state index contributed by atoms with van der Waals surface area (Å²) in [7, 11) is 2.72. The minimum absolute atomic E-state index is 0.0634. The van der Waals surface area contributed by atoms with Crippen LogP contribution in [-0.4, -0.2) is 39.4 Å². The molecule has 0 heterocycles. The number of hydrogen-bond acceptors (Lipinski definition) is 6. The van der Waals surface area contributed by atoms with E-state index in [2.05, 4.69) is 0 Å². The summed E-state index contributed by atoms with van der Waals surface area (Å²) in [5.41, 5.74) is 1.38. The van der Waals surface area contributed by atoms with E-state index in [1.54, 1.807) is 38.1 Å². The third-order valence-corrected chi connectivity index (χ3v) is 2.96. The third kappa shape index (κ3) is 5.15. The van der Waals surface area contributed by atoms with Crippen molar-refractivity contribution in [2.45, 2.75) is 13.8 Å². The van der Waals surface area contributed by atoms with Crippen LogP contribution < -0.4 is 0 Å². The normalized spacial score (nSPS) is 11.7. The Morgan fingerprint density at radius 3 is 2.25 bits per heavy atom. The predicted molar refractivity (Wildman–Crippen MR) is 89.7 cm³/mol. The van der Waals surface area contributed by atoms with Crippen LogP contribution in [0.25, 0.3) is 11.6 Å². The van der Waals surface area contributed by atoms with Crippen molar-refractivity contribution in [1.82, 2.24) is 0 Å². The molecule has 0 radical (unpaired) electrons. The van der Waals surface area contributed by atoms with Gasteiger partial charge in [0.25, 0.3) is 0 Å². The van der Waals surface area contributed by atoms with E-state index in [-0.39, 0.29) is 17.9 Å². The van der Waals surface area contributed by atoms with Crippen LogP contribution in [0.2, 0.25) is 0 Å². The molecular weight excluding hydrogens is 312 g/mol. The molecule has 0 amide bonds. The zero-order valence-corrected chi connectivity index (χ0v) is 14.3. The maximum atomic E-state index is 12.0. The summed E-state index contributed by atoms with van der Waals surface area (Å²) >= 11 is 0. The monoisotopic (exact) mass is 334 g/mol. The fourth-order valence-corrected chi connectivity index (χ4v) is 1.98. The summed E-state index contributed by atoms with van der Waals surface area (Å²) in [4.78, 5) is 24.0. The molecule has 0 saturated heterocycles. The molecule has 1 aromatic carbocycles. The van der Waals surface area contributed by atoms with E-state index in [0.717, 1.165) is 0 Å². The maximum Gasteiger partial charge on any atom is 0.373 e. The molecule has 0 spiro atoms. The lowest BCUT2D eigenvalue weighted by Crippen LogP contribution is -2.11. The number of carbonyl (C=O) groups excluding carboxylic acids is 2. The summed E-state index contributed by atoms with van der Waals surface area (Å²) in [5, 5.41) is 0. The van der Waals surface area contributed by atoms with E-state index in [4.69, 9.17) is 18.9 Å². The zero-order valence-electron chi connectivity index (χ0n) is 14.3. The van der Waals surface area contributed by atoms with Crippen LogP contribution in [0.15, 0.2) is 36.3 Å². The van der Waals surface area contributed by atoms with E-state index >= 15 is 0 Å². The second-order valence-corrected chi connectivity index (χ2v) is 4.51. The van der Waals surface area contributed by atoms with Gasteiger partial charge in [-0.3, -0.25) is 0 Å². The Kier molecular flexibility index (Phi) is 8.11. The average Bonchev–Trinajstić information content (AvgIpc) is 2.59. The van der Waals surface area contributed by atoms with E-state index in [0.29, 0.717) is 17.7 Å². The summed E-state index contributed by atoms with van der Waals surface area (Å²) in [6, 6.07) is 7.03. The lowest BCUT2D eigenvalue weighted by Gasteiger charge is -2.11. The van der Waals surface area contributed by atoms with Gasteiger partial charge in [0.15, 0.2) is 0 Å². The predicted octanol–water partition coefficient (Wildman–Crippen LogP) is 2.79. The molecule has 6 nitrogen and oxygen atoms in total. The van der Waals surface area contributed by atoms with Crippen molar-refractivity contribution in [2.75, 3.05) is 27.4 Å². The second-order valence-electron chi connectivity index (χ2n) is 4.51. The minimum Gasteiger partial charge on any atom is -0.503 e. The first kappa shape index (κ1) is 19.3. The van der Waals surface area contributed by atoms with E-state index in [1.807, 2.05) is 0 Å². The molecule has 24 heavy (non-hydrogen) atoms. The Balaban J connectivity index is 3.38. The Hall–Kier alpha value is -2.76. The summed E-state index contributed by atoms with van der Waals surface area (Å²) < 4.78 is 20.1. The Labute approximate surface area is 141 Å². The molecular formula is C18H22O6. The van der Waals surface area contributed by atoms with Crippen LogP contribution in [-0.2, 0) is 28.5 Å². The van der Waals surface area contributed by atoms with Gasteiger partial charge in [-0.15, -0.1) is 0 Å². The van der Waals surface area contributed by atoms with Crippen molar-refractivity contribution in [1.29, 1.82) is 0 Å².